The maximum absolute atomic E-state index is 12.1. The van der Waals surface area contributed by atoms with Gasteiger partial charge in [-0.1, -0.05) is 24.3 Å². The van der Waals surface area contributed by atoms with Gasteiger partial charge in [0.2, 0.25) is 0 Å². The van der Waals surface area contributed by atoms with Crippen molar-refractivity contribution in [1.82, 2.24) is 0 Å². The van der Waals surface area contributed by atoms with Crippen LogP contribution in [-0.2, 0) is 19.5 Å². The standard InChI is InChI=1S/C16H28N2O7S2/c19-13-7-6-10-8-12(26-25-24-20)9-14(27(21,22)23)15(10)16(13)18-17-11-4-2-1-3-5-11/h10-16,19-20H,1-9H2,(H,21,22,23). The minimum Gasteiger partial charge on any atom is -0.391 e. The summed E-state index contributed by atoms with van der Waals surface area (Å²) in [5, 5.41) is 30.0. The van der Waals surface area contributed by atoms with Crippen LogP contribution in [0, 0.1) is 11.8 Å². The van der Waals surface area contributed by atoms with E-state index >= 15 is 0 Å². The fraction of sp³-hybridized carbons (Fsp3) is 1.00. The zero-order valence-corrected chi connectivity index (χ0v) is 16.7. The molecule has 3 aliphatic rings. The van der Waals surface area contributed by atoms with Crippen LogP contribution in [0.5, 0.6) is 0 Å². The molecule has 0 spiro atoms. The first-order valence-electron chi connectivity index (χ1n) is 9.58. The number of azo groups is 1. The minimum atomic E-state index is -4.34. The molecule has 3 N–H and O–H groups in total. The molecule has 3 aliphatic carbocycles. The third kappa shape index (κ3) is 5.40. The van der Waals surface area contributed by atoms with E-state index in [1.165, 1.54) is 6.42 Å². The van der Waals surface area contributed by atoms with Gasteiger partial charge in [0.15, 0.2) is 0 Å². The second-order valence-corrected chi connectivity index (χ2v) is 10.5. The zero-order chi connectivity index (χ0) is 19.4. The van der Waals surface area contributed by atoms with Crippen LogP contribution < -0.4 is 0 Å². The Labute approximate surface area is 163 Å². The molecule has 6 unspecified atom stereocenters. The Bertz CT molecular complexity index is 612. The Morgan fingerprint density at radius 2 is 1.74 bits per heavy atom. The number of fused-ring (bicyclic) bond motifs is 1. The van der Waals surface area contributed by atoms with E-state index in [4.69, 9.17) is 5.26 Å². The SMILES string of the molecule is O=S(=O)(O)C1CC(SOOO)CC2CCC(O)C(N=NC3CCCCC3)C21. The van der Waals surface area contributed by atoms with Crippen LogP contribution in [0.2, 0.25) is 0 Å². The Morgan fingerprint density at radius 3 is 2.41 bits per heavy atom. The molecule has 0 aliphatic heterocycles. The second kappa shape index (κ2) is 9.47. The van der Waals surface area contributed by atoms with Crippen molar-refractivity contribution in [3.63, 3.8) is 0 Å². The van der Waals surface area contributed by atoms with Gasteiger partial charge in [-0.2, -0.15) is 18.6 Å². The first-order chi connectivity index (χ1) is 12.9. The van der Waals surface area contributed by atoms with E-state index in [9.17, 15) is 18.1 Å². The van der Waals surface area contributed by atoms with E-state index in [-0.39, 0.29) is 23.6 Å². The van der Waals surface area contributed by atoms with E-state index in [1.54, 1.807) is 0 Å². The third-order valence-electron chi connectivity index (χ3n) is 6.18. The van der Waals surface area contributed by atoms with Crippen molar-refractivity contribution in [1.29, 1.82) is 0 Å². The lowest BCUT2D eigenvalue weighted by molar-refractivity contribution is -0.432. The fourth-order valence-corrected chi connectivity index (χ4v) is 7.06. The summed E-state index contributed by atoms with van der Waals surface area (Å²) in [6, 6.07) is -0.490. The van der Waals surface area contributed by atoms with E-state index < -0.39 is 33.4 Å². The molecule has 3 fully saturated rings. The van der Waals surface area contributed by atoms with Gasteiger partial charge in [-0.3, -0.25) is 4.55 Å². The minimum absolute atomic E-state index is 0.0378. The van der Waals surface area contributed by atoms with Gasteiger partial charge < -0.3 is 5.11 Å². The molecule has 0 bridgehead atoms. The summed E-state index contributed by atoms with van der Waals surface area (Å²) in [6.07, 6.45) is 6.54. The molecule has 0 heterocycles. The summed E-state index contributed by atoms with van der Waals surface area (Å²) in [6.45, 7) is 0. The quantitative estimate of drug-likeness (QED) is 0.194. The van der Waals surface area contributed by atoms with Crippen LogP contribution in [0.25, 0.3) is 0 Å². The van der Waals surface area contributed by atoms with E-state index in [0.29, 0.717) is 19.3 Å². The fourth-order valence-electron chi connectivity index (χ4n) is 4.93. The maximum Gasteiger partial charge on any atom is 0.268 e. The number of nitrogens with zero attached hydrogens (tertiary/aromatic N) is 2. The van der Waals surface area contributed by atoms with Gasteiger partial charge in [0.1, 0.15) is 6.04 Å². The topological polar surface area (TPSA) is 138 Å². The Kier molecular flexibility index (Phi) is 7.51. The Balaban J connectivity index is 1.80. The Morgan fingerprint density at radius 1 is 1.00 bits per heavy atom. The average Bonchev–Trinajstić information content (AvgIpc) is 2.65. The number of aliphatic hydroxyl groups is 1. The summed E-state index contributed by atoms with van der Waals surface area (Å²) in [4.78, 5) is 0. The molecule has 3 rings (SSSR count). The molecule has 0 radical (unpaired) electrons. The number of hydrogen-bond donors (Lipinski definition) is 3. The van der Waals surface area contributed by atoms with Crippen molar-refractivity contribution in [2.75, 3.05) is 0 Å². The molecule has 9 nitrogen and oxygen atoms in total. The summed E-state index contributed by atoms with van der Waals surface area (Å²) < 4.78 is 38.5. The van der Waals surface area contributed by atoms with Crippen LogP contribution in [-0.4, -0.2) is 52.0 Å². The highest BCUT2D eigenvalue weighted by Crippen LogP contribution is 2.47. The molecule has 156 valence electrons. The van der Waals surface area contributed by atoms with Gasteiger partial charge in [0, 0.05) is 23.2 Å². The van der Waals surface area contributed by atoms with Crippen LogP contribution in [0.3, 0.4) is 0 Å². The van der Waals surface area contributed by atoms with Crippen molar-refractivity contribution < 1.29 is 32.7 Å². The number of hydrogen-bond acceptors (Lipinski definition) is 9. The van der Waals surface area contributed by atoms with Crippen LogP contribution >= 0.6 is 12.0 Å². The third-order valence-corrected chi connectivity index (χ3v) is 8.25. The molecular weight excluding hydrogens is 396 g/mol. The number of rotatable bonds is 6. The lowest BCUT2D eigenvalue weighted by Gasteiger charge is -2.46. The van der Waals surface area contributed by atoms with Gasteiger partial charge >= 0.3 is 0 Å². The highest BCUT2D eigenvalue weighted by atomic mass is 32.2. The largest absolute Gasteiger partial charge is 0.391 e. The molecule has 0 amide bonds. The highest BCUT2D eigenvalue weighted by Gasteiger charge is 2.52. The second-order valence-electron chi connectivity index (χ2n) is 7.88. The molecule has 0 aromatic heterocycles. The molecule has 0 aromatic rings. The normalized spacial score (nSPS) is 38.8. The van der Waals surface area contributed by atoms with Gasteiger partial charge in [0.25, 0.3) is 10.1 Å². The lowest BCUT2D eigenvalue weighted by atomic mass is 9.67. The summed E-state index contributed by atoms with van der Waals surface area (Å²) in [7, 11) is -4.34. The molecular formula is C16H28N2O7S2. The summed E-state index contributed by atoms with van der Waals surface area (Å²) >= 11 is 0.847. The molecule has 6 atom stereocenters. The van der Waals surface area contributed by atoms with E-state index in [1.807, 2.05) is 0 Å². The summed E-state index contributed by atoms with van der Waals surface area (Å²) in [5.41, 5.74) is 0. The Hall–Kier alpha value is -0.300. The predicted molar refractivity (Wildman–Crippen MR) is 98.5 cm³/mol. The smallest absolute Gasteiger partial charge is 0.268 e. The molecule has 0 aromatic carbocycles. The van der Waals surface area contributed by atoms with Crippen molar-refractivity contribution >= 4 is 22.2 Å². The zero-order valence-electron chi connectivity index (χ0n) is 15.1. The van der Waals surface area contributed by atoms with Crippen molar-refractivity contribution in [2.24, 2.45) is 22.1 Å². The first-order valence-corrected chi connectivity index (χ1v) is 11.9. The van der Waals surface area contributed by atoms with E-state index in [2.05, 4.69) is 19.6 Å². The summed E-state index contributed by atoms with van der Waals surface area (Å²) in [5.74, 6) is -0.521. The van der Waals surface area contributed by atoms with Crippen molar-refractivity contribution in [2.45, 2.75) is 86.5 Å². The van der Waals surface area contributed by atoms with Gasteiger partial charge in [-0.05, 0) is 44.4 Å². The maximum atomic E-state index is 12.1. The van der Waals surface area contributed by atoms with E-state index in [0.717, 1.165) is 37.7 Å². The molecule has 0 saturated heterocycles. The average molecular weight is 425 g/mol. The number of aliphatic hydroxyl groups excluding tert-OH is 1. The molecule has 3 saturated carbocycles. The highest BCUT2D eigenvalue weighted by molar-refractivity contribution is 7.95. The van der Waals surface area contributed by atoms with Crippen molar-refractivity contribution in [3.05, 3.63) is 0 Å². The predicted octanol–water partition coefficient (Wildman–Crippen LogP) is 3.02. The lowest BCUT2D eigenvalue weighted by Crippen LogP contribution is -2.53. The molecule has 27 heavy (non-hydrogen) atoms. The molecule has 11 heteroatoms. The first kappa shape index (κ1) is 21.4. The van der Waals surface area contributed by atoms with Crippen molar-refractivity contribution in [3.8, 4) is 0 Å². The van der Waals surface area contributed by atoms with Gasteiger partial charge in [-0.25, -0.2) is 5.26 Å². The van der Waals surface area contributed by atoms with Crippen LogP contribution in [0.15, 0.2) is 10.2 Å². The van der Waals surface area contributed by atoms with Crippen LogP contribution in [0.1, 0.15) is 57.8 Å². The van der Waals surface area contributed by atoms with Gasteiger partial charge in [0.05, 0.1) is 17.4 Å². The van der Waals surface area contributed by atoms with Gasteiger partial charge in [-0.15, -0.1) is 4.33 Å². The monoisotopic (exact) mass is 424 g/mol. The van der Waals surface area contributed by atoms with Crippen LogP contribution in [0.4, 0.5) is 0 Å².